The topological polar surface area (TPSA) is 84.9 Å². The Morgan fingerprint density at radius 1 is 1.20 bits per heavy atom. The van der Waals surface area contributed by atoms with Gasteiger partial charge in [0.2, 0.25) is 0 Å². The summed E-state index contributed by atoms with van der Waals surface area (Å²) < 4.78 is 10.6. The summed E-state index contributed by atoms with van der Waals surface area (Å²) in [6, 6.07) is 8.23. The maximum absolute atomic E-state index is 13.0. The van der Waals surface area contributed by atoms with Crippen molar-refractivity contribution < 1.29 is 23.9 Å². The Morgan fingerprint density at radius 3 is 2.47 bits per heavy atom. The molecule has 2 rings (SSSR count). The monoisotopic (exact) mass is 414 g/mol. The van der Waals surface area contributed by atoms with Crippen LogP contribution >= 0.6 is 0 Å². The zero-order valence-electron chi connectivity index (χ0n) is 17.8. The quantitative estimate of drug-likeness (QED) is 0.418. The third-order valence-electron chi connectivity index (χ3n) is 4.58. The van der Waals surface area contributed by atoms with Crippen molar-refractivity contribution in [2.45, 2.75) is 64.3 Å². The predicted octanol–water partition coefficient (Wildman–Crippen LogP) is 3.70. The van der Waals surface area contributed by atoms with Crippen LogP contribution in [0.2, 0.25) is 0 Å². The van der Waals surface area contributed by atoms with Gasteiger partial charge in [0.15, 0.2) is 0 Å². The molecule has 1 aromatic rings. The molecule has 0 aliphatic carbocycles. The molecule has 0 saturated carbocycles. The van der Waals surface area contributed by atoms with Crippen molar-refractivity contribution in [3.8, 4) is 0 Å². The number of rotatable bonds is 7. The van der Waals surface area contributed by atoms with E-state index < -0.39 is 29.6 Å². The van der Waals surface area contributed by atoms with Crippen molar-refractivity contribution in [2.75, 3.05) is 0 Å². The first kappa shape index (κ1) is 23.2. The SMILES string of the molecule is C=CC[C@H]1CC[C@@H](C(=O)OC(C)(C)C)N1C(=O)C(=C)NC(=O)OCc1ccccc1. The molecule has 0 spiro atoms. The van der Waals surface area contributed by atoms with E-state index in [-0.39, 0.29) is 18.3 Å². The first-order valence-corrected chi connectivity index (χ1v) is 9.95. The molecule has 7 heteroatoms. The summed E-state index contributed by atoms with van der Waals surface area (Å²) in [5.74, 6) is -1.01. The van der Waals surface area contributed by atoms with Crippen LogP contribution in [0.1, 0.15) is 45.6 Å². The number of esters is 1. The molecule has 1 heterocycles. The number of carbonyl (C=O) groups is 3. The second kappa shape index (κ2) is 10.1. The third kappa shape index (κ3) is 6.47. The van der Waals surface area contributed by atoms with Crippen LogP contribution in [-0.4, -0.2) is 40.6 Å². The lowest BCUT2D eigenvalue weighted by atomic mass is 10.1. The summed E-state index contributed by atoms with van der Waals surface area (Å²) in [6.07, 6.45) is 2.55. The Hall–Kier alpha value is -3.09. The van der Waals surface area contributed by atoms with Crippen molar-refractivity contribution in [2.24, 2.45) is 0 Å². The molecule has 162 valence electrons. The van der Waals surface area contributed by atoms with Gasteiger partial charge in [-0.1, -0.05) is 43.0 Å². The van der Waals surface area contributed by atoms with Gasteiger partial charge in [-0.2, -0.15) is 0 Å². The van der Waals surface area contributed by atoms with Crippen LogP contribution in [0.15, 0.2) is 55.3 Å². The molecule has 0 unspecified atom stereocenters. The lowest BCUT2D eigenvalue weighted by Crippen LogP contribution is -2.49. The molecule has 2 atom stereocenters. The fourth-order valence-corrected chi connectivity index (χ4v) is 3.31. The Balaban J connectivity index is 2.03. The second-order valence-corrected chi connectivity index (χ2v) is 8.18. The molecule has 1 aromatic carbocycles. The number of amides is 2. The minimum Gasteiger partial charge on any atom is -0.458 e. The number of alkyl carbamates (subject to hydrolysis) is 1. The molecule has 0 radical (unpaired) electrons. The van der Waals surface area contributed by atoms with Crippen LogP contribution < -0.4 is 5.32 Å². The van der Waals surface area contributed by atoms with Gasteiger partial charge in [-0.15, -0.1) is 6.58 Å². The van der Waals surface area contributed by atoms with Crippen molar-refractivity contribution in [3.05, 3.63) is 60.8 Å². The Kier molecular flexibility index (Phi) is 7.80. The van der Waals surface area contributed by atoms with Gasteiger partial charge < -0.3 is 14.4 Å². The molecular formula is C23H30N2O5. The van der Waals surface area contributed by atoms with Gasteiger partial charge in [0, 0.05) is 6.04 Å². The highest BCUT2D eigenvalue weighted by atomic mass is 16.6. The first-order valence-electron chi connectivity index (χ1n) is 9.95. The molecule has 1 N–H and O–H groups in total. The molecule has 1 aliphatic rings. The van der Waals surface area contributed by atoms with E-state index in [2.05, 4.69) is 18.5 Å². The van der Waals surface area contributed by atoms with E-state index in [0.717, 1.165) is 5.56 Å². The Labute approximate surface area is 177 Å². The zero-order valence-corrected chi connectivity index (χ0v) is 17.8. The lowest BCUT2D eigenvalue weighted by molar-refractivity contribution is -0.163. The number of nitrogens with one attached hydrogen (secondary N) is 1. The van der Waals surface area contributed by atoms with Crippen LogP contribution in [0.4, 0.5) is 4.79 Å². The van der Waals surface area contributed by atoms with E-state index in [4.69, 9.17) is 9.47 Å². The largest absolute Gasteiger partial charge is 0.458 e. The molecule has 1 aliphatic heterocycles. The highest BCUT2D eigenvalue weighted by Crippen LogP contribution is 2.29. The number of benzene rings is 1. The van der Waals surface area contributed by atoms with Crippen molar-refractivity contribution >= 4 is 18.0 Å². The summed E-state index contributed by atoms with van der Waals surface area (Å²) in [6.45, 7) is 12.8. The van der Waals surface area contributed by atoms with Crippen molar-refractivity contribution in [1.29, 1.82) is 0 Å². The molecular weight excluding hydrogens is 384 g/mol. The molecule has 2 amide bonds. The van der Waals surface area contributed by atoms with Gasteiger partial charge in [0.05, 0.1) is 0 Å². The fraction of sp³-hybridized carbons (Fsp3) is 0.435. The number of nitrogens with zero attached hydrogens (tertiary/aromatic N) is 1. The number of likely N-dealkylation sites (tertiary alicyclic amines) is 1. The summed E-state index contributed by atoms with van der Waals surface area (Å²) in [5.41, 5.74) is -0.00325. The van der Waals surface area contributed by atoms with Crippen molar-refractivity contribution in [3.63, 3.8) is 0 Å². The average Bonchev–Trinajstić information content (AvgIpc) is 3.09. The Morgan fingerprint density at radius 2 is 1.87 bits per heavy atom. The van der Waals surface area contributed by atoms with Gasteiger partial charge in [0.25, 0.3) is 5.91 Å². The zero-order chi connectivity index (χ0) is 22.3. The molecule has 1 fully saturated rings. The molecule has 30 heavy (non-hydrogen) atoms. The van der Waals surface area contributed by atoms with E-state index in [9.17, 15) is 14.4 Å². The fourth-order valence-electron chi connectivity index (χ4n) is 3.31. The van der Waals surface area contributed by atoms with Crippen LogP contribution in [-0.2, 0) is 25.7 Å². The standard InChI is InChI=1S/C23H30N2O5/c1-6-10-18-13-14-19(21(27)30-23(3,4)5)25(18)20(26)16(2)24-22(28)29-15-17-11-8-7-9-12-17/h6-9,11-12,18-19H,1-2,10,13-15H2,3-5H3,(H,24,28)/t18-,19-/m0/s1. The van der Waals surface area contributed by atoms with E-state index in [1.54, 1.807) is 26.8 Å². The molecule has 0 bridgehead atoms. The van der Waals surface area contributed by atoms with Crippen LogP contribution in [0.5, 0.6) is 0 Å². The van der Waals surface area contributed by atoms with Gasteiger partial charge in [-0.3, -0.25) is 10.1 Å². The maximum Gasteiger partial charge on any atom is 0.412 e. The third-order valence-corrected chi connectivity index (χ3v) is 4.58. The first-order chi connectivity index (χ1) is 14.1. The minimum atomic E-state index is -0.787. The summed E-state index contributed by atoms with van der Waals surface area (Å²) in [5, 5.41) is 2.37. The minimum absolute atomic E-state index is 0.0669. The van der Waals surface area contributed by atoms with E-state index in [1.807, 2.05) is 30.3 Å². The van der Waals surface area contributed by atoms with Gasteiger partial charge >= 0.3 is 12.1 Å². The second-order valence-electron chi connectivity index (χ2n) is 8.18. The van der Waals surface area contributed by atoms with Gasteiger partial charge in [-0.25, -0.2) is 9.59 Å². The van der Waals surface area contributed by atoms with Gasteiger partial charge in [-0.05, 0) is 45.6 Å². The Bertz CT molecular complexity index is 798. The van der Waals surface area contributed by atoms with E-state index in [0.29, 0.717) is 19.3 Å². The predicted molar refractivity (Wildman–Crippen MR) is 113 cm³/mol. The number of carbonyl (C=O) groups excluding carboxylic acids is 3. The number of hydrogen-bond acceptors (Lipinski definition) is 5. The summed E-state index contributed by atoms with van der Waals surface area (Å²) in [4.78, 5) is 39.2. The maximum atomic E-state index is 13.0. The van der Waals surface area contributed by atoms with Crippen molar-refractivity contribution in [1.82, 2.24) is 10.2 Å². The lowest BCUT2D eigenvalue weighted by Gasteiger charge is -2.31. The van der Waals surface area contributed by atoms with Gasteiger partial charge in [0.1, 0.15) is 23.9 Å². The number of hydrogen-bond donors (Lipinski definition) is 1. The highest BCUT2D eigenvalue weighted by molar-refractivity contribution is 5.98. The smallest absolute Gasteiger partial charge is 0.412 e. The highest BCUT2D eigenvalue weighted by Gasteiger charge is 2.43. The summed E-state index contributed by atoms with van der Waals surface area (Å²) >= 11 is 0. The average molecular weight is 415 g/mol. The van der Waals surface area contributed by atoms with E-state index in [1.165, 1.54) is 4.90 Å². The molecule has 0 aromatic heterocycles. The van der Waals surface area contributed by atoms with Crippen LogP contribution in [0, 0.1) is 0 Å². The van der Waals surface area contributed by atoms with E-state index >= 15 is 0 Å². The van der Waals surface area contributed by atoms with Crippen LogP contribution in [0.25, 0.3) is 0 Å². The molecule has 7 nitrogen and oxygen atoms in total. The normalized spacial score (nSPS) is 18.4. The number of ether oxygens (including phenoxy) is 2. The summed E-state index contributed by atoms with van der Waals surface area (Å²) in [7, 11) is 0. The van der Waals surface area contributed by atoms with Crippen LogP contribution in [0.3, 0.4) is 0 Å². The molecule has 1 saturated heterocycles.